The number of benzene rings is 1. The van der Waals surface area contributed by atoms with E-state index in [0.29, 0.717) is 21.6 Å². The maximum Gasteiger partial charge on any atom is 0.347 e. The molecule has 0 saturated heterocycles. The topological polar surface area (TPSA) is 87.6 Å². The Labute approximate surface area is 152 Å². The van der Waals surface area contributed by atoms with Gasteiger partial charge in [0.25, 0.3) is 11.8 Å². The standard InChI is InChI=1S/C16H12Cl2N2O5/c1-9(24-12-5-4-10(17)7-11(12)18)16(21)23-8-14-19-20-15(25-14)13-3-2-6-22-13/h2-7,9H,8H2,1H3/t9-/m0/s1. The first-order valence-electron chi connectivity index (χ1n) is 7.17. The maximum absolute atomic E-state index is 12.0. The predicted molar refractivity (Wildman–Crippen MR) is 88.3 cm³/mol. The van der Waals surface area contributed by atoms with Crippen molar-refractivity contribution < 1.29 is 23.1 Å². The minimum atomic E-state index is -0.883. The van der Waals surface area contributed by atoms with Crippen LogP contribution in [0.2, 0.25) is 10.0 Å². The molecule has 7 nitrogen and oxygen atoms in total. The maximum atomic E-state index is 12.0. The van der Waals surface area contributed by atoms with Crippen LogP contribution in [-0.2, 0) is 16.1 Å². The first-order valence-corrected chi connectivity index (χ1v) is 7.93. The minimum Gasteiger partial charge on any atom is -0.477 e. The molecule has 25 heavy (non-hydrogen) atoms. The van der Waals surface area contributed by atoms with Gasteiger partial charge in [-0.15, -0.1) is 10.2 Å². The Kier molecular flexibility index (Phi) is 5.25. The number of halogens is 2. The third-order valence-electron chi connectivity index (χ3n) is 3.07. The van der Waals surface area contributed by atoms with E-state index in [4.69, 9.17) is 41.5 Å². The highest BCUT2D eigenvalue weighted by atomic mass is 35.5. The molecule has 0 fully saturated rings. The highest BCUT2D eigenvalue weighted by molar-refractivity contribution is 6.35. The quantitative estimate of drug-likeness (QED) is 0.591. The van der Waals surface area contributed by atoms with Gasteiger partial charge in [0.05, 0.1) is 11.3 Å². The highest BCUT2D eigenvalue weighted by Crippen LogP contribution is 2.28. The fraction of sp³-hybridized carbons (Fsp3) is 0.188. The van der Waals surface area contributed by atoms with Crippen molar-refractivity contribution in [1.82, 2.24) is 10.2 Å². The molecular formula is C16H12Cl2N2O5. The van der Waals surface area contributed by atoms with Gasteiger partial charge in [0.2, 0.25) is 0 Å². The molecule has 1 aromatic carbocycles. The Balaban J connectivity index is 1.55. The van der Waals surface area contributed by atoms with E-state index in [9.17, 15) is 4.79 Å². The zero-order valence-corrected chi connectivity index (χ0v) is 14.5. The molecule has 3 rings (SSSR count). The molecular weight excluding hydrogens is 371 g/mol. The van der Waals surface area contributed by atoms with Crippen molar-refractivity contribution in [3.8, 4) is 17.4 Å². The van der Waals surface area contributed by atoms with Crippen LogP contribution in [0.15, 0.2) is 45.4 Å². The summed E-state index contributed by atoms with van der Waals surface area (Å²) < 4.78 is 21.0. The number of aromatic nitrogens is 2. The number of hydrogen-bond acceptors (Lipinski definition) is 7. The smallest absolute Gasteiger partial charge is 0.347 e. The van der Waals surface area contributed by atoms with Crippen molar-refractivity contribution in [3.05, 3.63) is 52.5 Å². The molecule has 0 saturated carbocycles. The van der Waals surface area contributed by atoms with Gasteiger partial charge in [-0.3, -0.25) is 0 Å². The van der Waals surface area contributed by atoms with Gasteiger partial charge >= 0.3 is 5.97 Å². The van der Waals surface area contributed by atoms with Gasteiger partial charge in [-0.1, -0.05) is 23.2 Å². The Morgan fingerprint density at radius 2 is 2.12 bits per heavy atom. The summed E-state index contributed by atoms with van der Waals surface area (Å²) in [7, 11) is 0. The molecule has 2 heterocycles. The second kappa shape index (κ2) is 7.58. The van der Waals surface area contributed by atoms with Crippen LogP contribution in [0.3, 0.4) is 0 Å². The molecule has 0 aliphatic heterocycles. The molecule has 0 aliphatic rings. The SMILES string of the molecule is C[C@H](Oc1ccc(Cl)cc1Cl)C(=O)OCc1nnc(-c2ccco2)o1. The second-order valence-corrected chi connectivity index (χ2v) is 5.76. The Bertz CT molecular complexity index is 863. The molecule has 0 spiro atoms. The van der Waals surface area contributed by atoms with Crippen LogP contribution >= 0.6 is 23.2 Å². The van der Waals surface area contributed by atoms with E-state index in [1.54, 1.807) is 24.3 Å². The fourth-order valence-electron chi connectivity index (χ4n) is 1.87. The van der Waals surface area contributed by atoms with Crippen LogP contribution in [0.4, 0.5) is 0 Å². The molecule has 0 N–H and O–H groups in total. The lowest BCUT2D eigenvalue weighted by Crippen LogP contribution is -2.26. The van der Waals surface area contributed by atoms with Crippen molar-refractivity contribution in [3.63, 3.8) is 0 Å². The van der Waals surface area contributed by atoms with Crippen molar-refractivity contribution in [1.29, 1.82) is 0 Å². The van der Waals surface area contributed by atoms with E-state index in [1.165, 1.54) is 19.3 Å². The van der Waals surface area contributed by atoms with Crippen LogP contribution in [0.5, 0.6) is 5.75 Å². The van der Waals surface area contributed by atoms with Crippen molar-refractivity contribution in [2.75, 3.05) is 0 Å². The van der Waals surface area contributed by atoms with Crippen LogP contribution in [0.25, 0.3) is 11.7 Å². The summed E-state index contributed by atoms with van der Waals surface area (Å²) in [4.78, 5) is 12.0. The van der Waals surface area contributed by atoms with E-state index < -0.39 is 12.1 Å². The summed E-state index contributed by atoms with van der Waals surface area (Å²) in [6.07, 6.45) is 0.603. The molecule has 130 valence electrons. The zero-order chi connectivity index (χ0) is 17.8. The van der Waals surface area contributed by atoms with Crippen molar-refractivity contribution >= 4 is 29.2 Å². The van der Waals surface area contributed by atoms with E-state index in [0.717, 1.165) is 0 Å². The largest absolute Gasteiger partial charge is 0.477 e. The number of rotatable bonds is 6. The minimum absolute atomic E-state index is 0.136. The lowest BCUT2D eigenvalue weighted by molar-refractivity contribution is -0.153. The summed E-state index contributed by atoms with van der Waals surface area (Å²) in [6.45, 7) is 1.35. The van der Waals surface area contributed by atoms with Crippen LogP contribution < -0.4 is 4.74 Å². The van der Waals surface area contributed by atoms with Gasteiger partial charge in [0.1, 0.15) is 5.75 Å². The number of carbonyl (C=O) groups excluding carboxylic acids is 1. The van der Waals surface area contributed by atoms with Gasteiger partial charge in [0, 0.05) is 5.02 Å². The highest BCUT2D eigenvalue weighted by Gasteiger charge is 2.19. The monoisotopic (exact) mass is 382 g/mol. The molecule has 9 heteroatoms. The number of furan rings is 1. The third-order valence-corrected chi connectivity index (χ3v) is 3.60. The number of carbonyl (C=O) groups is 1. The lowest BCUT2D eigenvalue weighted by Gasteiger charge is -2.14. The second-order valence-electron chi connectivity index (χ2n) is 4.92. The summed E-state index contributed by atoms with van der Waals surface area (Å²) in [6, 6.07) is 8.07. The van der Waals surface area contributed by atoms with Gasteiger partial charge in [-0.25, -0.2) is 4.79 Å². The number of ether oxygens (including phenoxy) is 2. The average Bonchev–Trinajstić information content (AvgIpc) is 3.26. The molecule has 0 radical (unpaired) electrons. The Morgan fingerprint density at radius 1 is 1.28 bits per heavy atom. The van der Waals surface area contributed by atoms with E-state index in [1.807, 2.05) is 0 Å². The normalized spacial score (nSPS) is 12.0. The summed E-state index contributed by atoms with van der Waals surface area (Å²) in [5.74, 6) is 0.487. The van der Waals surface area contributed by atoms with Gasteiger partial charge in [-0.05, 0) is 37.3 Å². The number of esters is 1. The summed E-state index contributed by atoms with van der Waals surface area (Å²) >= 11 is 11.8. The third kappa shape index (κ3) is 4.32. The van der Waals surface area contributed by atoms with E-state index in [-0.39, 0.29) is 18.4 Å². The van der Waals surface area contributed by atoms with Gasteiger partial charge in [-0.2, -0.15) is 0 Å². The molecule has 0 amide bonds. The Hall–Kier alpha value is -2.51. The fourth-order valence-corrected chi connectivity index (χ4v) is 2.32. The molecule has 0 bridgehead atoms. The summed E-state index contributed by atoms with van der Waals surface area (Å²) in [5, 5.41) is 8.35. The van der Waals surface area contributed by atoms with Gasteiger partial charge in [0.15, 0.2) is 18.5 Å². The average molecular weight is 383 g/mol. The van der Waals surface area contributed by atoms with Gasteiger partial charge < -0.3 is 18.3 Å². The molecule has 2 aromatic heterocycles. The Morgan fingerprint density at radius 3 is 2.84 bits per heavy atom. The first kappa shape index (κ1) is 17.3. The van der Waals surface area contributed by atoms with Crippen LogP contribution in [-0.4, -0.2) is 22.3 Å². The zero-order valence-electron chi connectivity index (χ0n) is 12.9. The van der Waals surface area contributed by atoms with E-state index in [2.05, 4.69) is 10.2 Å². The lowest BCUT2D eigenvalue weighted by atomic mass is 10.3. The molecule has 3 aromatic rings. The first-order chi connectivity index (χ1) is 12.0. The summed E-state index contributed by atoms with van der Waals surface area (Å²) in [5.41, 5.74) is 0. The molecule has 0 aliphatic carbocycles. The number of nitrogens with zero attached hydrogens (tertiary/aromatic N) is 2. The van der Waals surface area contributed by atoms with Crippen molar-refractivity contribution in [2.45, 2.75) is 19.6 Å². The molecule has 1 atom stereocenters. The van der Waals surface area contributed by atoms with Crippen LogP contribution in [0.1, 0.15) is 12.8 Å². The van der Waals surface area contributed by atoms with Crippen molar-refractivity contribution in [2.24, 2.45) is 0 Å². The number of hydrogen-bond donors (Lipinski definition) is 0. The predicted octanol–water partition coefficient (Wildman–Crippen LogP) is 4.15. The van der Waals surface area contributed by atoms with Crippen LogP contribution in [0, 0.1) is 0 Å². The van der Waals surface area contributed by atoms with E-state index >= 15 is 0 Å². The molecule has 0 unspecified atom stereocenters.